The molecular weight excluding hydrogens is 292 g/mol. The highest BCUT2D eigenvalue weighted by Crippen LogP contribution is 2.33. The number of ether oxygens (including phenoxy) is 1. The molecule has 0 saturated carbocycles. The SMILES string of the molecule is C=CCc1ccc(O)c(-c2ccc(O)c(CC(CO)OC)c2)c1. The zero-order chi connectivity index (χ0) is 16.8. The van der Waals surface area contributed by atoms with Crippen molar-refractivity contribution in [2.45, 2.75) is 18.9 Å². The van der Waals surface area contributed by atoms with Gasteiger partial charge in [0.05, 0.1) is 12.7 Å². The molecular formula is C19H22O4. The summed E-state index contributed by atoms with van der Waals surface area (Å²) in [6.07, 6.45) is 2.54. The van der Waals surface area contributed by atoms with Gasteiger partial charge in [0.1, 0.15) is 11.5 Å². The zero-order valence-corrected chi connectivity index (χ0v) is 13.2. The summed E-state index contributed by atoms with van der Waals surface area (Å²) in [5.41, 5.74) is 3.21. The van der Waals surface area contributed by atoms with Crippen LogP contribution in [0.1, 0.15) is 11.1 Å². The predicted octanol–water partition coefficient (Wildman–Crippen LogP) is 3.04. The van der Waals surface area contributed by atoms with Gasteiger partial charge in [-0.05, 0) is 47.4 Å². The Balaban J connectivity index is 2.40. The number of aliphatic hydroxyl groups excluding tert-OH is 1. The molecule has 0 spiro atoms. The van der Waals surface area contributed by atoms with Gasteiger partial charge in [-0.3, -0.25) is 0 Å². The van der Waals surface area contributed by atoms with Crippen LogP contribution in [0.3, 0.4) is 0 Å². The van der Waals surface area contributed by atoms with Crippen LogP contribution in [-0.4, -0.2) is 35.1 Å². The van der Waals surface area contributed by atoms with Gasteiger partial charge in [-0.25, -0.2) is 0 Å². The van der Waals surface area contributed by atoms with E-state index in [1.807, 2.05) is 24.3 Å². The lowest BCUT2D eigenvalue weighted by atomic mass is 9.97. The predicted molar refractivity (Wildman–Crippen MR) is 90.7 cm³/mol. The third-order valence-corrected chi connectivity index (χ3v) is 3.82. The summed E-state index contributed by atoms with van der Waals surface area (Å²) in [7, 11) is 1.52. The summed E-state index contributed by atoms with van der Waals surface area (Å²) >= 11 is 0. The highest BCUT2D eigenvalue weighted by atomic mass is 16.5. The van der Waals surface area contributed by atoms with E-state index in [2.05, 4.69) is 6.58 Å². The molecule has 0 heterocycles. The average Bonchev–Trinajstić information content (AvgIpc) is 2.56. The van der Waals surface area contributed by atoms with Crippen molar-refractivity contribution in [3.8, 4) is 22.6 Å². The Bertz CT molecular complexity index is 675. The van der Waals surface area contributed by atoms with E-state index in [0.717, 1.165) is 11.1 Å². The van der Waals surface area contributed by atoms with Gasteiger partial charge in [0.25, 0.3) is 0 Å². The lowest BCUT2D eigenvalue weighted by molar-refractivity contribution is 0.0491. The quantitative estimate of drug-likeness (QED) is 0.687. The van der Waals surface area contributed by atoms with E-state index in [4.69, 9.17) is 4.74 Å². The van der Waals surface area contributed by atoms with Crippen molar-refractivity contribution >= 4 is 0 Å². The molecule has 0 bridgehead atoms. The highest BCUT2D eigenvalue weighted by molar-refractivity contribution is 5.72. The molecule has 0 aliphatic carbocycles. The van der Waals surface area contributed by atoms with Crippen LogP contribution in [0.2, 0.25) is 0 Å². The lowest BCUT2D eigenvalue weighted by Crippen LogP contribution is -2.18. The zero-order valence-electron chi connectivity index (χ0n) is 13.2. The van der Waals surface area contributed by atoms with Crippen molar-refractivity contribution in [1.29, 1.82) is 0 Å². The van der Waals surface area contributed by atoms with Crippen LogP contribution in [0.15, 0.2) is 49.1 Å². The van der Waals surface area contributed by atoms with Crippen LogP contribution in [0.4, 0.5) is 0 Å². The molecule has 122 valence electrons. The molecule has 2 aromatic rings. The van der Waals surface area contributed by atoms with Crippen molar-refractivity contribution in [2.24, 2.45) is 0 Å². The Hall–Kier alpha value is -2.30. The number of aliphatic hydroxyl groups is 1. The first-order valence-electron chi connectivity index (χ1n) is 7.47. The monoisotopic (exact) mass is 314 g/mol. The molecule has 0 aliphatic rings. The molecule has 1 unspecified atom stereocenters. The maximum Gasteiger partial charge on any atom is 0.123 e. The fourth-order valence-corrected chi connectivity index (χ4v) is 2.49. The number of benzene rings is 2. The average molecular weight is 314 g/mol. The van der Waals surface area contributed by atoms with E-state index in [0.29, 0.717) is 24.0 Å². The molecule has 0 fully saturated rings. The minimum atomic E-state index is -0.378. The van der Waals surface area contributed by atoms with Gasteiger partial charge in [0, 0.05) is 19.1 Å². The van der Waals surface area contributed by atoms with E-state index >= 15 is 0 Å². The van der Waals surface area contributed by atoms with Crippen LogP contribution < -0.4 is 0 Å². The Morgan fingerprint density at radius 2 is 1.87 bits per heavy atom. The summed E-state index contributed by atoms with van der Waals surface area (Å²) in [6.45, 7) is 3.60. The summed E-state index contributed by atoms with van der Waals surface area (Å²) in [4.78, 5) is 0. The third-order valence-electron chi connectivity index (χ3n) is 3.82. The number of hydrogen-bond donors (Lipinski definition) is 3. The summed E-state index contributed by atoms with van der Waals surface area (Å²) < 4.78 is 5.16. The molecule has 3 N–H and O–H groups in total. The first kappa shape index (κ1) is 17.1. The number of rotatable bonds is 7. The van der Waals surface area contributed by atoms with Crippen molar-refractivity contribution in [3.63, 3.8) is 0 Å². The Labute approximate surface area is 136 Å². The summed E-state index contributed by atoms with van der Waals surface area (Å²) in [5.74, 6) is 0.325. The molecule has 2 aromatic carbocycles. The first-order valence-corrected chi connectivity index (χ1v) is 7.47. The normalized spacial score (nSPS) is 12.1. The Morgan fingerprint density at radius 3 is 2.52 bits per heavy atom. The topological polar surface area (TPSA) is 69.9 Å². The number of methoxy groups -OCH3 is 1. The maximum atomic E-state index is 10.1. The number of allylic oxidation sites excluding steroid dienone is 1. The maximum absolute atomic E-state index is 10.1. The van der Waals surface area contributed by atoms with E-state index in [9.17, 15) is 15.3 Å². The smallest absolute Gasteiger partial charge is 0.123 e. The minimum absolute atomic E-state index is 0.125. The Kier molecular flexibility index (Phi) is 5.79. The fourth-order valence-electron chi connectivity index (χ4n) is 2.49. The number of aromatic hydroxyl groups is 2. The third kappa shape index (κ3) is 4.12. The standard InChI is InChI=1S/C19H22O4/c1-3-4-13-5-7-19(22)17(9-13)14-6-8-18(21)15(10-14)11-16(12-20)23-2/h3,5-10,16,20-22H,1,4,11-12H2,2H3. The van der Waals surface area contributed by atoms with Crippen molar-refractivity contribution in [3.05, 3.63) is 60.2 Å². The van der Waals surface area contributed by atoms with Gasteiger partial charge in [0.2, 0.25) is 0 Å². The molecule has 0 aliphatic heterocycles. The van der Waals surface area contributed by atoms with Crippen LogP contribution in [-0.2, 0) is 17.6 Å². The van der Waals surface area contributed by atoms with Gasteiger partial charge in [-0.1, -0.05) is 18.2 Å². The molecule has 0 radical (unpaired) electrons. The van der Waals surface area contributed by atoms with Crippen molar-refractivity contribution in [1.82, 2.24) is 0 Å². The number of phenols is 2. The van der Waals surface area contributed by atoms with Gasteiger partial charge in [-0.15, -0.1) is 6.58 Å². The number of hydrogen-bond acceptors (Lipinski definition) is 4. The minimum Gasteiger partial charge on any atom is -0.508 e. The van der Waals surface area contributed by atoms with E-state index < -0.39 is 0 Å². The van der Waals surface area contributed by atoms with Gasteiger partial charge in [-0.2, -0.15) is 0 Å². The van der Waals surface area contributed by atoms with E-state index in [1.165, 1.54) is 7.11 Å². The first-order chi connectivity index (χ1) is 11.1. The highest BCUT2D eigenvalue weighted by Gasteiger charge is 2.13. The largest absolute Gasteiger partial charge is 0.508 e. The van der Waals surface area contributed by atoms with Crippen molar-refractivity contribution in [2.75, 3.05) is 13.7 Å². The van der Waals surface area contributed by atoms with E-state index in [-0.39, 0.29) is 24.2 Å². The molecule has 0 aromatic heterocycles. The van der Waals surface area contributed by atoms with Crippen LogP contribution in [0, 0.1) is 0 Å². The summed E-state index contributed by atoms with van der Waals surface area (Å²) in [6, 6.07) is 10.6. The number of phenolic OH excluding ortho intramolecular Hbond substituents is 2. The van der Waals surface area contributed by atoms with Gasteiger partial charge in [0.15, 0.2) is 0 Å². The second-order valence-corrected chi connectivity index (χ2v) is 5.43. The molecule has 0 amide bonds. The summed E-state index contributed by atoms with van der Waals surface area (Å²) in [5, 5.41) is 29.4. The molecule has 4 nitrogen and oxygen atoms in total. The van der Waals surface area contributed by atoms with Crippen molar-refractivity contribution < 1.29 is 20.1 Å². The van der Waals surface area contributed by atoms with Crippen LogP contribution >= 0.6 is 0 Å². The molecule has 1 atom stereocenters. The molecule has 0 saturated heterocycles. The van der Waals surface area contributed by atoms with Crippen LogP contribution in [0.5, 0.6) is 11.5 Å². The van der Waals surface area contributed by atoms with Crippen LogP contribution in [0.25, 0.3) is 11.1 Å². The van der Waals surface area contributed by atoms with Gasteiger partial charge < -0.3 is 20.1 Å². The fraction of sp³-hybridized carbons (Fsp3) is 0.263. The molecule has 23 heavy (non-hydrogen) atoms. The lowest BCUT2D eigenvalue weighted by Gasteiger charge is -2.15. The molecule has 2 rings (SSSR count). The second-order valence-electron chi connectivity index (χ2n) is 5.43. The Morgan fingerprint density at radius 1 is 1.13 bits per heavy atom. The molecule has 4 heteroatoms. The van der Waals surface area contributed by atoms with Gasteiger partial charge >= 0.3 is 0 Å². The second kappa shape index (κ2) is 7.81. The van der Waals surface area contributed by atoms with E-state index in [1.54, 1.807) is 18.2 Å².